The third-order valence-corrected chi connectivity index (χ3v) is 5.30. The van der Waals surface area contributed by atoms with Crippen molar-refractivity contribution in [2.75, 3.05) is 19.6 Å². The molecule has 0 saturated carbocycles. The Morgan fingerprint density at radius 2 is 1.82 bits per heavy atom. The summed E-state index contributed by atoms with van der Waals surface area (Å²) in [5, 5.41) is 0.731. The van der Waals surface area contributed by atoms with E-state index in [0.29, 0.717) is 30.3 Å². The number of carbonyl (C=O) groups excluding carboxylic acids is 1. The number of benzene rings is 1. The van der Waals surface area contributed by atoms with Crippen LogP contribution in [0.25, 0.3) is 10.8 Å². The average molecular weight is 442 g/mol. The van der Waals surface area contributed by atoms with Gasteiger partial charge in [0.25, 0.3) is 5.91 Å². The monoisotopic (exact) mass is 441 g/mol. The predicted molar refractivity (Wildman–Crippen MR) is 119 cm³/mol. The first-order valence-corrected chi connectivity index (χ1v) is 9.47. The average Bonchev–Trinajstić information content (AvgIpc) is 3.24. The number of thiazole rings is 1. The fraction of sp³-hybridized carbons (Fsp3) is 0.300. The van der Waals surface area contributed by atoms with E-state index in [1.165, 1.54) is 16.9 Å². The van der Waals surface area contributed by atoms with Crippen LogP contribution < -0.4 is 5.73 Å². The molecule has 1 aromatic carbocycles. The van der Waals surface area contributed by atoms with Gasteiger partial charge in [-0.3, -0.25) is 4.79 Å². The van der Waals surface area contributed by atoms with Crippen LogP contribution in [0.5, 0.6) is 0 Å². The molecule has 3 rings (SSSR count). The van der Waals surface area contributed by atoms with Gasteiger partial charge in [0.15, 0.2) is 10.8 Å². The molecule has 5 nitrogen and oxygen atoms in total. The minimum Gasteiger partial charge on any atom is -0.459 e. The molecular formula is C20H25Cl2N3O2S. The first-order valence-electron chi connectivity index (χ1n) is 8.66. The first-order chi connectivity index (χ1) is 12.6. The quantitative estimate of drug-likeness (QED) is 0.585. The zero-order chi connectivity index (χ0) is 18.5. The Labute approximate surface area is 181 Å². The van der Waals surface area contributed by atoms with Crippen LogP contribution in [0.4, 0.5) is 0 Å². The highest BCUT2D eigenvalue weighted by molar-refractivity contribution is 7.17. The van der Waals surface area contributed by atoms with Crippen molar-refractivity contribution in [3.05, 3.63) is 64.4 Å². The van der Waals surface area contributed by atoms with E-state index in [0.717, 1.165) is 22.9 Å². The van der Waals surface area contributed by atoms with E-state index in [9.17, 15) is 4.79 Å². The van der Waals surface area contributed by atoms with Crippen molar-refractivity contribution in [1.29, 1.82) is 0 Å². The van der Waals surface area contributed by atoms with Crippen LogP contribution in [0.3, 0.4) is 0 Å². The van der Waals surface area contributed by atoms with Gasteiger partial charge in [-0.2, -0.15) is 0 Å². The summed E-state index contributed by atoms with van der Waals surface area (Å²) >= 11 is 1.37. The van der Waals surface area contributed by atoms with Crippen molar-refractivity contribution in [1.82, 2.24) is 9.88 Å². The maximum atomic E-state index is 13.0. The first kappa shape index (κ1) is 24.2. The van der Waals surface area contributed by atoms with Crippen LogP contribution in [0, 0.1) is 13.8 Å². The number of aromatic nitrogens is 1. The van der Waals surface area contributed by atoms with Gasteiger partial charge < -0.3 is 15.1 Å². The molecule has 0 aliphatic rings. The Kier molecular flexibility index (Phi) is 9.69. The van der Waals surface area contributed by atoms with Gasteiger partial charge in [0.1, 0.15) is 10.6 Å². The van der Waals surface area contributed by atoms with Crippen molar-refractivity contribution >= 4 is 42.1 Å². The second-order valence-corrected chi connectivity index (χ2v) is 7.16. The van der Waals surface area contributed by atoms with Gasteiger partial charge in [0.2, 0.25) is 0 Å². The highest BCUT2D eigenvalue weighted by Crippen LogP contribution is 2.30. The van der Waals surface area contributed by atoms with Crippen molar-refractivity contribution < 1.29 is 9.21 Å². The maximum absolute atomic E-state index is 13.0. The number of nitrogens with zero attached hydrogens (tertiary/aromatic N) is 2. The zero-order valence-corrected chi connectivity index (χ0v) is 18.3. The summed E-state index contributed by atoms with van der Waals surface area (Å²) in [5.74, 6) is 1.51. The summed E-state index contributed by atoms with van der Waals surface area (Å²) in [6.45, 7) is 5.34. The molecule has 3 aromatic rings. The summed E-state index contributed by atoms with van der Waals surface area (Å²) in [6.07, 6.45) is 0.800. The molecular weight excluding hydrogens is 417 g/mol. The maximum Gasteiger partial charge on any atom is 0.265 e. The van der Waals surface area contributed by atoms with E-state index in [-0.39, 0.29) is 30.7 Å². The molecule has 0 fully saturated rings. The number of halogens is 2. The fourth-order valence-electron chi connectivity index (χ4n) is 2.77. The predicted octanol–water partition coefficient (Wildman–Crippen LogP) is 4.51. The van der Waals surface area contributed by atoms with Gasteiger partial charge in [-0.25, -0.2) is 4.98 Å². The Hall–Kier alpha value is -1.86. The SMILES string of the molecule is Cc1ccc(-c2nc(C)c(C(=O)N(CCN)CCc3ccccc3)s2)o1.Cl.Cl. The highest BCUT2D eigenvalue weighted by atomic mass is 35.5. The van der Waals surface area contributed by atoms with Gasteiger partial charge in [0, 0.05) is 19.6 Å². The number of rotatable bonds is 7. The third-order valence-electron chi connectivity index (χ3n) is 4.14. The summed E-state index contributed by atoms with van der Waals surface area (Å²) < 4.78 is 5.63. The Morgan fingerprint density at radius 1 is 1.11 bits per heavy atom. The molecule has 2 aromatic heterocycles. The molecule has 0 aliphatic carbocycles. The summed E-state index contributed by atoms with van der Waals surface area (Å²) in [6, 6.07) is 13.9. The number of hydrogen-bond donors (Lipinski definition) is 1. The van der Waals surface area contributed by atoms with Crippen LogP contribution >= 0.6 is 36.2 Å². The molecule has 0 radical (unpaired) electrons. The summed E-state index contributed by atoms with van der Waals surface area (Å²) in [4.78, 5) is 20.0. The lowest BCUT2D eigenvalue weighted by atomic mass is 10.1. The second kappa shape index (κ2) is 11.2. The molecule has 152 valence electrons. The van der Waals surface area contributed by atoms with Crippen molar-refractivity contribution in [2.45, 2.75) is 20.3 Å². The molecule has 0 bridgehead atoms. The number of carbonyl (C=O) groups is 1. The normalized spacial score (nSPS) is 10.1. The number of furan rings is 1. The smallest absolute Gasteiger partial charge is 0.265 e. The van der Waals surface area contributed by atoms with Crippen LogP contribution in [-0.2, 0) is 6.42 Å². The minimum absolute atomic E-state index is 0. The lowest BCUT2D eigenvalue weighted by molar-refractivity contribution is 0.0766. The molecule has 8 heteroatoms. The van der Waals surface area contributed by atoms with E-state index in [1.54, 1.807) is 0 Å². The Morgan fingerprint density at radius 3 is 2.43 bits per heavy atom. The molecule has 0 saturated heterocycles. The van der Waals surface area contributed by atoms with Gasteiger partial charge in [-0.15, -0.1) is 36.2 Å². The van der Waals surface area contributed by atoms with Crippen LogP contribution in [0.2, 0.25) is 0 Å². The van der Waals surface area contributed by atoms with Crippen molar-refractivity contribution in [3.8, 4) is 10.8 Å². The topological polar surface area (TPSA) is 72.4 Å². The zero-order valence-electron chi connectivity index (χ0n) is 15.9. The van der Waals surface area contributed by atoms with Crippen LogP contribution in [0.15, 0.2) is 46.9 Å². The van der Waals surface area contributed by atoms with Crippen molar-refractivity contribution in [2.24, 2.45) is 5.73 Å². The number of nitrogens with two attached hydrogens (primary N) is 1. The number of aryl methyl sites for hydroxylation is 2. The van der Waals surface area contributed by atoms with E-state index in [1.807, 2.05) is 49.1 Å². The van der Waals surface area contributed by atoms with E-state index in [2.05, 4.69) is 17.1 Å². The molecule has 0 unspecified atom stereocenters. The molecule has 0 aliphatic heterocycles. The van der Waals surface area contributed by atoms with E-state index >= 15 is 0 Å². The molecule has 2 N–H and O–H groups in total. The summed E-state index contributed by atoms with van der Waals surface area (Å²) in [5.41, 5.74) is 7.66. The van der Waals surface area contributed by atoms with Gasteiger partial charge in [0.05, 0.1) is 5.69 Å². The molecule has 1 amide bonds. The highest BCUT2D eigenvalue weighted by Gasteiger charge is 2.22. The second-order valence-electron chi connectivity index (χ2n) is 6.16. The molecule has 0 spiro atoms. The summed E-state index contributed by atoms with van der Waals surface area (Å²) in [7, 11) is 0. The van der Waals surface area contributed by atoms with Gasteiger partial charge >= 0.3 is 0 Å². The lowest BCUT2D eigenvalue weighted by Crippen LogP contribution is -2.36. The lowest BCUT2D eigenvalue weighted by Gasteiger charge is -2.21. The van der Waals surface area contributed by atoms with Gasteiger partial charge in [-0.1, -0.05) is 30.3 Å². The van der Waals surface area contributed by atoms with Crippen LogP contribution in [0.1, 0.15) is 26.7 Å². The van der Waals surface area contributed by atoms with E-state index < -0.39 is 0 Å². The molecule has 0 atom stereocenters. The number of hydrogen-bond acceptors (Lipinski definition) is 5. The molecule has 2 heterocycles. The van der Waals surface area contributed by atoms with E-state index in [4.69, 9.17) is 10.2 Å². The molecule has 28 heavy (non-hydrogen) atoms. The third kappa shape index (κ3) is 5.82. The Balaban J connectivity index is 0.00000196. The standard InChI is InChI=1S/C20H23N3O2S.2ClH/c1-14-8-9-17(25-14)19-22-15(2)18(26-19)20(24)23(13-11-21)12-10-16-6-4-3-5-7-16;;/h3-9H,10-13,21H2,1-2H3;2*1H. The minimum atomic E-state index is -0.0177. The van der Waals surface area contributed by atoms with Gasteiger partial charge in [-0.05, 0) is 38.0 Å². The Bertz CT molecular complexity index is 881. The van der Waals surface area contributed by atoms with Crippen molar-refractivity contribution in [3.63, 3.8) is 0 Å². The number of amides is 1. The van der Waals surface area contributed by atoms with Crippen LogP contribution in [-0.4, -0.2) is 35.4 Å². The fourth-order valence-corrected chi connectivity index (χ4v) is 3.77. The largest absolute Gasteiger partial charge is 0.459 e.